The van der Waals surface area contributed by atoms with E-state index in [2.05, 4.69) is 6.92 Å². The molecule has 0 bridgehead atoms. The summed E-state index contributed by atoms with van der Waals surface area (Å²) >= 11 is 0. The van der Waals surface area contributed by atoms with Gasteiger partial charge in [-0.15, -0.1) is 0 Å². The molecule has 1 aliphatic heterocycles. The first-order valence-corrected chi connectivity index (χ1v) is 4.01. The predicted octanol–water partition coefficient (Wildman–Crippen LogP) is 1.33. The van der Waals surface area contributed by atoms with Crippen molar-refractivity contribution in [2.75, 3.05) is 6.61 Å². The molecule has 0 aliphatic carbocycles. The van der Waals surface area contributed by atoms with Crippen LogP contribution in [0.4, 0.5) is 0 Å². The molecular weight excluding hydrogens is 128 g/mol. The summed E-state index contributed by atoms with van der Waals surface area (Å²) in [7, 11) is 0. The Balaban J connectivity index is 2.15. The third-order valence-corrected chi connectivity index (χ3v) is 2.14. The van der Waals surface area contributed by atoms with Crippen molar-refractivity contribution in [3.63, 3.8) is 0 Å². The van der Waals surface area contributed by atoms with Crippen LogP contribution < -0.4 is 0 Å². The Kier molecular flexibility index (Phi) is 2.32. The second-order valence-electron chi connectivity index (χ2n) is 3.26. The number of ether oxygens (including phenoxy) is 1. The summed E-state index contributed by atoms with van der Waals surface area (Å²) in [5.41, 5.74) is -0.185. The minimum absolute atomic E-state index is 0.185. The normalized spacial score (nSPS) is 33.9. The maximum Gasteiger partial charge on any atom is 0.115 e. The second kappa shape index (κ2) is 2.89. The highest BCUT2D eigenvalue weighted by molar-refractivity contribution is 4.93. The highest BCUT2D eigenvalue weighted by Crippen LogP contribution is 2.32. The van der Waals surface area contributed by atoms with Crippen molar-refractivity contribution in [2.24, 2.45) is 0 Å². The van der Waals surface area contributed by atoms with Crippen LogP contribution in [0.5, 0.6) is 0 Å². The molecule has 0 aromatic heterocycles. The molecule has 0 aromatic rings. The van der Waals surface area contributed by atoms with Crippen molar-refractivity contribution in [1.82, 2.24) is 0 Å². The van der Waals surface area contributed by atoms with E-state index in [1.165, 1.54) is 0 Å². The molecule has 1 heterocycles. The minimum Gasteiger partial charge on any atom is -0.390 e. The number of aliphatic hydroxyl groups is 1. The van der Waals surface area contributed by atoms with Gasteiger partial charge in [-0.1, -0.05) is 19.8 Å². The van der Waals surface area contributed by atoms with Gasteiger partial charge in [0, 0.05) is 0 Å². The third kappa shape index (κ3) is 1.70. The van der Waals surface area contributed by atoms with Crippen LogP contribution in [0.15, 0.2) is 0 Å². The molecule has 1 fully saturated rings. The van der Waals surface area contributed by atoms with Gasteiger partial charge in [0.25, 0.3) is 0 Å². The van der Waals surface area contributed by atoms with Gasteiger partial charge in [0.05, 0.1) is 12.7 Å². The molecule has 0 spiro atoms. The molecule has 1 N–H and O–H groups in total. The molecule has 0 aromatic carbocycles. The monoisotopic (exact) mass is 144 g/mol. The fourth-order valence-corrected chi connectivity index (χ4v) is 1.01. The van der Waals surface area contributed by atoms with Crippen molar-refractivity contribution >= 4 is 0 Å². The van der Waals surface area contributed by atoms with Gasteiger partial charge >= 0.3 is 0 Å². The lowest BCUT2D eigenvalue weighted by atomic mass is 10.0. The van der Waals surface area contributed by atoms with Gasteiger partial charge in [0.2, 0.25) is 0 Å². The molecular formula is C8H16O2. The van der Waals surface area contributed by atoms with Gasteiger partial charge < -0.3 is 9.84 Å². The fraction of sp³-hybridized carbons (Fsp3) is 1.00. The summed E-state index contributed by atoms with van der Waals surface area (Å²) in [6.45, 7) is 4.83. The maximum atomic E-state index is 9.45. The fourth-order valence-electron chi connectivity index (χ4n) is 1.01. The Labute approximate surface area is 62.2 Å². The summed E-state index contributed by atoms with van der Waals surface area (Å²) in [4.78, 5) is 0. The summed E-state index contributed by atoms with van der Waals surface area (Å²) in [5.74, 6) is 0. The average molecular weight is 144 g/mol. The molecule has 1 rings (SSSR count). The topological polar surface area (TPSA) is 32.8 Å². The first-order chi connectivity index (χ1) is 4.69. The van der Waals surface area contributed by atoms with E-state index in [1.54, 1.807) is 0 Å². The van der Waals surface area contributed by atoms with Gasteiger partial charge in [-0.2, -0.15) is 0 Å². The number of epoxide rings is 1. The molecule has 0 unspecified atom stereocenters. The highest BCUT2D eigenvalue weighted by atomic mass is 16.6. The third-order valence-electron chi connectivity index (χ3n) is 2.14. The lowest BCUT2D eigenvalue weighted by Gasteiger charge is -2.12. The van der Waals surface area contributed by atoms with E-state index in [0.29, 0.717) is 0 Å². The van der Waals surface area contributed by atoms with E-state index in [0.717, 1.165) is 25.9 Å². The standard InChI is InChI=1S/C8H16O2/c1-3-4-5-7(9)8(2)6-10-8/h7,9H,3-6H2,1-2H3/t7-,8+/m0/s1. The van der Waals surface area contributed by atoms with Gasteiger partial charge in [-0.05, 0) is 13.3 Å². The van der Waals surface area contributed by atoms with Crippen LogP contribution in [0.25, 0.3) is 0 Å². The minimum atomic E-state index is -0.243. The summed E-state index contributed by atoms with van der Waals surface area (Å²) < 4.78 is 5.10. The Morgan fingerprint density at radius 3 is 2.70 bits per heavy atom. The molecule has 0 radical (unpaired) electrons. The highest BCUT2D eigenvalue weighted by Gasteiger charge is 2.45. The summed E-state index contributed by atoms with van der Waals surface area (Å²) in [6.07, 6.45) is 2.88. The zero-order valence-electron chi connectivity index (χ0n) is 6.76. The first kappa shape index (κ1) is 8.02. The van der Waals surface area contributed by atoms with E-state index in [9.17, 15) is 5.11 Å². The van der Waals surface area contributed by atoms with Crippen LogP contribution >= 0.6 is 0 Å². The van der Waals surface area contributed by atoms with Gasteiger partial charge in [0.15, 0.2) is 0 Å². The second-order valence-corrected chi connectivity index (χ2v) is 3.26. The van der Waals surface area contributed by atoms with Crippen LogP contribution in [-0.2, 0) is 4.74 Å². The summed E-state index contributed by atoms with van der Waals surface area (Å²) in [6, 6.07) is 0. The molecule has 0 amide bonds. The van der Waals surface area contributed by atoms with Crippen LogP contribution in [0.3, 0.4) is 0 Å². The summed E-state index contributed by atoms with van der Waals surface area (Å²) in [5, 5.41) is 9.45. The maximum absolute atomic E-state index is 9.45. The Morgan fingerprint density at radius 2 is 2.30 bits per heavy atom. The van der Waals surface area contributed by atoms with E-state index >= 15 is 0 Å². The van der Waals surface area contributed by atoms with Crippen molar-refractivity contribution in [3.8, 4) is 0 Å². The van der Waals surface area contributed by atoms with Crippen LogP contribution in [0.2, 0.25) is 0 Å². The van der Waals surface area contributed by atoms with E-state index in [1.807, 2.05) is 6.92 Å². The lowest BCUT2D eigenvalue weighted by Crippen LogP contribution is -2.25. The molecule has 10 heavy (non-hydrogen) atoms. The van der Waals surface area contributed by atoms with Gasteiger partial charge in [0.1, 0.15) is 5.60 Å². The van der Waals surface area contributed by atoms with Crippen molar-refractivity contribution < 1.29 is 9.84 Å². The Morgan fingerprint density at radius 1 is 1.70 bits per heavy atom. The predicted molar refractivity (Wildman–Crippen MR) is 39.9 cm³/mol. The number of aliphatic hydroxyl groups excluding tert-OH is 1. The Hall–Kier alpha value is -0.0800. The lowest BCUT2D eigenvalue weighted by molar-refractivity contribution is 0.0756. The molecule has 60 valence electrons. The molecule has 0 saturated carbocycles. The molecule has 2 atom stereocenters. The first-order valence-electron chi connectivity index (χ1n) is 4.01. The van der Waals surface area contributed by atoms with Crippen molar-refractivity contribution in [1.29, 1.82) is 0 Å². The van der Waals surface area contributed by atoms with E-state index in [-0.39, 0.29) is 11.7 Å². The van der Waals surface area contributed by atoms with E-state index < -0.39 is 0 Å². The number of hydrogen-bond acceptors (Lipinski definition) is 2. The zero-order chi connectivity index (χ0) is 7.61. The van der Waals surface area contributed by atoms with Crippen molar-refractivity contribution in [2.45, 2.75) is 44.8 Å². The van der Waals surface area contributed by atoms with Crippen LogP contribution in [0.1, 0.15) is 33.1 Å². The quantitative estimate of drug-likeness (QED) is 0.604. The number of hydrogen-bond donors (Lipinski definition) is 1. The molecule has 1 saturated heterocycles. The van der Waals surface area contributed by atoms with E-state index in [4.69, 9.17) is 4.74 Å². The molecule has 2 nitrogen and oxygen atoms in total. The van der Waals surface area contributed by atoms with Gasteiger partial charge in [-0.3, -0.25) is 0 Å². The molecule has 2 heteroatoms. The van der Waals surface area contributed by atoms with Crippen LogP contribution in [0, 0.1) is 0 Å². The number of rotatable bonds is 4. The van der Waals surface area contributed by atoms with Crippen molar-refractivity contribution in [3.05, 3.63) is 0 Å². The SMILES string of the molecule is CCCC[C@H](O)[C@@]1(C)CO1. The number of unbranched alkanes of at least 4 members (excludes halogenated alkanes) is 1. The smallest absolute Gasteiger partial charge is 0.115 e. The van der Waals surface area contributed by atoms with Gasteiger partial charge in [-0.25, -0.2) is 0 Å². The average Bonchev–Trinajstić information content (AvgIpc) is 2.64. The zero-order valence-corrected chi connectivity index (χ0v) is 6.76. The Bertz CT molecular complexity index is 108. The molecule has 1 aliphatic rings. The largest absolute Gasteiger partial charge is 0.390 e. The van der Waals surface area contributed by atoms with Crippen LogP contribution in [-0.4, -0.2) is 23.4 Å².